The van der Waals surface area contributed by atoms with Crippen molar-refractivity contribution in [1.29, 1.82) is 0 Å². The standard InChI is InChI=1S/C30H30Cl2N4O4/c1-18(2)40-25-16-23(39-3)12-13-24(25)29-34-27(19-4-8-21(31)9-5-19)28(20-6-10-22(32)11-7-20)36(29)30(38)35-15-14-33-26(37)17-35/h4-13,16,18,27-28H,14-15,17H2,1-3H3,(H,33,37)/t27?,28-/m1/s1. The van der Waals surface area contributed by atoms with E-state index in [-0.39, 0.29) is 24.6 Å². The van der Waals surface area contributed by atoms with Crippen LogP contribution in [0.5, 0.6) is 11.5 Å². The zero-order chi connectivity index (χ0) is 28.4. The van der Waals surface area contributed by atoms with Gasteiger partial charge in [0.15, 0.2) is 0 Å². The molecule has 1 fully saturated rings. The first-order chi connectivity index (χ1) is 19.2. The number of hydrogen-bond donors (Lipinski definition) is 1. The second-order valence-electron chi connectivity index (χ2n) is 9.90. The Kier molecular flexibility index (Phi) is 8.19. The van der Waals surface area contributed by atoms with Crippen LogP contribution in [0.25, 0.3) is 0 Å². The zero-order valence-corrected chi connectivity index (χ0v) is 23.9. The summed E-state index contributed by atoms with van der Waals surface area (Å²) in [6.45, 7) is 4.58. The second kappa shape index (κ2) is 11.8. The molecule has 0 bridgehead atoms. The van der Waals surface area contributed by atoms with Gasteiger partial charge in [-0.25, -0.2) is 4.79 Å². The molecule has 0 aliphatic carbocycles. The van der Waals surface area contributed by atoms with Crippen molar-refractivity contribution in [3.63, 3.8) is 0 Å². The highest BCUT2D eigenvalue weighted by molar-refractivity contribution is 6.30. The number of halogens is 2. The van der Waals surface area contributed by atoms with E-state index in [0.29, 0.717) is 46.0 Å². The van der Waals surface area contributed by atoms with Gasteiger partial charge in [-0.15, -0.1) is 0 Å². The Morgan fingerprint density at radius 3 is 2.25 bits per heavy atom. The maximum absolute atomic E-state index is 14.3. The van der Waals surface area contributed by atoms with Gasteiger partial charge in [0.25, 0.3) is 0 Å². The van der Waals surface area contributed by atoms with Crippen molar-refractivity contribution in [2.75, 3.05) is 26.7 Å². The number of aliphatic imine (C=N–C) groups is 1. The molecule has 3 aromatic rings. The molecule has 5 rings (SSSR count). The Labute approximate surface area is 243 Å². The van der Waals surface area contributed by atoms with Gasteiger partial charge < -0.3 is 19.7 Å². The molecule has 1 saturated heterocycles. The number of nitrogens with zero attached hydrogens (tertiary/aromatic N) is 3. The van der Waals surface area contributed by atoms with Crippen LogP contribution >= 0.6 is 23.2 Å². The highest BCUT2D eigenvalue weighted by Gasteiger charge is 2.45. The van der Waals surface area contributed by atoms with Gasteiger partial charge in [-0.3, -0.25) is 14.7 Å². The number of hydrogen-bond acceptors (Lipinski definition) is 5. The Hall–Kier alpha value is -3.75. The van der Waals surface area contributed by atoms with E-state index >= 15 is 0 Å². The number of ether oxygens (including phenoxy) is 2. The largest absolute Gasteiger partial charge is 0.497 e. The van der Waals surface area contributed by atoms with Gasteiger partial charge >= 0.3 is 6.03 Å². The Morgan fingerprint density at radius 2 is 1.65 bits per heavy atom. The minimum atomic E-state index is -0.528. The molecule has 0 radical (unpaired) electrons. The number of urea groups is 1. The lowest BCUT2D eigenvalue weighted by Gasteiger charge is -2.36. The van der Waals surface area contributed by atoms with Crippen LogP contribution in [0.3, 0.4) is 0 Å². The van der Waals surface area contributed by atoms with Gasteiger partial charge in [-0.1, -0.05) is 47.5 Å². The summed E-state index contributed by atoms with van der Waals surface area (Å²) in [5.41, 5.74) is 2.37. The second-order valence-corrected chi connectivity index (χ2v) is 10.8. The van der Waals surface area contributed by atoms with Crippen LogP contribution in [-0.4, -0.2) is 60.4 Å². The van der Waals surface area contributed by atoms with Gasteiger partial charge in [0, 0.05) is 29.2 Å². The summed E-state index contributed by atoms with van der Waals surface area (Å²) in [5, 5.41) is 3.97. The molecule has 0 spiro atoms. The Bertz CT molecular complexity index is 1430. The lowest BCUT2D eigenvalue weighted by Crippen LogP contribution is -2.55. The third kappa shape index (κ3) is 5.74. The van der Waals surface area contributed by atoms with E-state index in [1.165, 1.54) is 0 Å². The van der Waals surface area contributed by atoms with Crippen molar-refractivity contribution in [2.24, 2.45) is 4.99 Å². The van der Waals surface area contributed by atoms with Crippen LogP contribution < -0.4 is 14.8 Å². The third-order valence-corrected chi connectivity index (χ3v) is 7.30. The average Bonchev–Trinajstić information content (AvgIpc) is 3.33. The lowest BCUT2D eigenvalue weighted by molar-refractivity contribution is -0.123. The summed E-state index contributed by atoms with van der Waals surface area (Å²) >= 11 is 12.5. The molecule has 40 heavy (non-hydrogen) atoms. The molecule has 1 unspecified atom stereocenters. The molecule has 2 atom stereocenters. The molecular formula is C30H30Cl2N4O4. The predicted octanol–water partition coefficient (Wildman–Crippen LogP) is 5.89. The van der Waals surface area contributed by atoms with Crippen molar-refractivity contribution in [1.82, 2.24) is 15.1 Å². The Morgan fingerprint density at radius 1 is 1.00 bits per heavy atom. The number of carbonyl (C=O) groups is 2. The highest BCUT2D eigenvalue weighted by Crippen LogP contribution is 2.45. The molecule has 2 aliphatic heterocycles. The number of amides is 3. The number of nitrogens with one attached hydrogen (secondary N) is 1. The molecule has 10 heteroatoms. The summed E-state index contributed by atoms with van der Waals surface area (Å²) in [6.07, 6.45) is -0.137. The molecule has 0 saturated carbocycles. The van der Waals surface area contributed by atoms with Gasteiger partial charge in [0.2, 0.25) is 5.91 Å². The topological polar surface area (TPSA) is 83.5 Å². The fourth-order valence-electron chi connectivity index (χ4n) is 4.97. The minimum Gasteiger partial charge on any atom is -0.497 e. The predicted molar refractivity (Wildman–Crippen MR) is 155 cm³/mol. The van der Waals surface area contributed by atoms with Crippen LogP contribution in [0.2, 0.25) is 10.0 Å². The first kappa shape index (κ1) is 27.8. The number of amidine groups is 1. The number of carbonyl (C=O) groups excluding carboxylic acids is 2. The van der Waals surface area contributed by atoms with Gasteiger partial charge in [-0.2, -0.15) is 0 Å². The zero-order valence-electron chi connectivity index (χ0n) is 22.4. The molecular weight excluding hydrogens is 551 g/mol. The molecule has 208 valence electrons. The first-order valence-electron chi connectivity index (χ1n) is 13.0. The molecule has 0 aromatic heterocycles. The van der Waals surface area contributed by atoms with Crippen molar-refractivity contribution >= 4 is 41.0 Å². The summed E-state index contributed by atoms with van der Waals surface area (Å²) in [4.78, 5) is 35.0. The van der Waals surface area contributed by atoms with E-state index in [0.717, 1.165) is 11.1 Å². The van der Waals surface area contributed by atoms with Gasteiger partial charge in [0.1, 0.15) is 29.9 Å². The van der Waals surface area contributed by atoms with Crippen molar-refractivity contribution in [3.05, 3.63) is 93.5 Å². The summed E-state index contributed by atoms with van der Waals surface area (Å²) in [6, 6.07) is 19.0. The van der Waals surface area contributed by atoms with Crippen LogP contribution in [0.15, 0.2) is 71.7 Å². The van der Waals surface area contributed by atoms with E-state index in [2.05, 4.69) is 5.32 Å². The van der Waals surface area contributed by atoms with Crippen LogP contribution in [0, 0.1) is 0 Å². The minimum absolute atomic E-state index is 0.0421. The molecule has 2 heterocycles. The van der Waals surface area contributed by atoms with E-state index in [1.807, 2.05) is 62.4 Å². The van der Waals surface area contributed by atoms with E-state index in [1.54, 1.807) is 35.1 Å². The normalized spacial score (nSPS) is 18.9. The monoisotopic (exact) mass is 580 g/mol. The molecule has 3 amide bonds. The summed E-state index contributed by atoms with van der Waals surface area (Å²) < 4.78 is 11.7. The van der Waals surface area contributed by atoms with Gasteiger partial charge in [-0.05, 0) is 61.4 Å². The number of benzene rings is 3. The van der Waals surface area contributed by atoms with E-state index < -0.39 is 12.1 Å². The number of rotatable bonds is 6. The van der Waals surface area contributed by atoms with Crippen molar-refractivity contribution in [2.45, 2.75) is 32.0 Å². The molecule has 2 aliphatic rings. The van der Waals surface area contributed by atoms with Crippen LogP contribution in [0.4, 0.5) is 4.79 Å². The maximum Gasteiger partial charge on any atom is 0.326 e. The maximum atomic E-state index is 14.3. The fraction of sp³-hybridized carbons (Fsp3) is 0.300. The van der Waals surface area contributed by atoms with Crippen LogP contribution in [0.1, 0.15) is 42.6 Å². The van der Waals surface area contributed by atoms with Crippen molar-refractivity contribution < 1.29 is 19.1 Å². The van der Waals surface area contributed by atoms with Gasteiger partial charge in [0.05, 0.1) is 24.8 Å². The number of methoxy groups -OCH3 is 1. The smallest absolute Gasteiger partial charge is 0.326 e. The molecule has 8 nitrogen and oxygen atoms in total. The Balaban J connectivity index is 1.71. The first-order valence-corrected chi connectivity index (χ1v) is 13.8. The van der Waals surface area contributed by atoms with E-state index in [4.69, 9.17) is 37.7 Å². The van der Waals surface area contributed by atoms with Crippen LogP contribution in [-0.2, 0) is 4.79 Å². The highest BCUT2D eigenvalue weighted by atomic mass is 35.5. The molecule has 1 N–H and O–H groups in total. The summed E-state index contributed by atoms with van der Waals surface area (Å²) in [5.74, 6) is 1.39. The van der Waals surface area contributed by atoms with Crippen molar-refractivity contribution in [3.8, 4) is 11.5 Å². The third-order valence-electron chi connectivity index (χ3n) is 6.80. The fourth-order valence-corrected chi connectivity index (χ4v) is 5.23. The quantitative estimate of drug-likeness (QED) is 0.394. The number of piperazine rings is 1. The SMILES string of the molecule is COc1ccc(C2=NC(c3ccc(Cl)cc3)[C@@H](c3ccc(Cl)cc3)N2C(=O)N2CCNC(=O)C2)c(OC(C)C)c1. The molecule has 3 aromatic carbocycles. The van der Waals surface area contributed by atoms with E-state index in [9.17, 15) is 9.59 Å². The summed E-state index contributed by atoms with van der Waals surface area (Å²) in [7, 11) is 1.59. The average molecular weight is 582 g/mol. The lowest BCUT2D eigenvalue weighted by atomic mass is 9.93.